The van der Waals surface area contributed by atoms with Crippen molar-refractivity contribution in [1.82, 2.24) is 9.97 Å². The maximum absolute atomic E-state index is 15.3. The van der Waals surface area contributed by atoms with Crippen LogP contribution in [0.4, 0.5) is 16.0 Å². The van der Waals surface area contributed by atoms with E-state index in [-0.39, 0.29) is 15.6 Å². The number of aryl methyl sites for hydroxylation is 1. The number of hydrogen-bond donors (Lipinski definition) is 2. The van der Waals surface area contributed by atoms with Gasteiger partial charge in [0, 0.05) is 23.2 Å². The van der Waals surface area contributed by atoms with Crippen LogP contribution in [0.15, 0.2) is 65.7 Å². The van der Waals surface area contributed by atoms with Crippen molar-refractivity contribution in [2.24, 2.45) is 0 Å². The first-order chi connectivity index (χ1) is 17.8. The van der Waals surface area contributed by atoms with Gasteiger partial charge in [-0.2, -0.15) is 0 Å². The smallest absolute Gasteiger partial charge is 0.263 e. The van der Waals surface area contributed by atoms with Crippen molar-refractivity contribution in [1.29, 1.82) is 0 Å². The Labute approximate surface area is 221 Å². The van der Waals surface area contributed by atoms with Gasteiger partial charge < -0.3 is 5.32 Å². The molecule has 0 unspecified atom stereocenters. The van der Waals surface area contributed by atoms with Crippen LogP contribution in [0.25, 0.3) is 22.0 Å². The second-order valence-electron chi connectivity index (χ2n) is 9.33. The van der Waals surface area contributed by atoms with E-state index in [1.807, 2.05) is 19.1 Å². The summed E-state index contributed by atoms with van der Waals surface area (Å²) in [6.07, 6.45) is 8.49. The summed E-state index contributed by atoms with van der Waals surface area (Å²) < 4.78 is 43.1. The molecule has 1 saturated carbocycles. The van der Waals surface area contributed by atoms with Crippen LogP contribution in [0.1, 0.15) is 44.6 Å². The predicted molar refractivity (Wildman–Crippen MR) is 147 cm³/mol. The molecule has 2 N–H and O–H groups in total. The number of benzene rings is 3. The number of aromatic nitrogens is 2. The monoisotopic (exact) mass is 538 g/mol. The van der Waals surface area contributed by atoms with Crippen molar-refractivity contribution >= 4 is 44.2 Å². The van der Waals surface area contributed by atoms with E-state index in [4.69, 9.17) is 16.6 Å². The minimum absolute atomic E-state index is 0.0689. The van der Waals surface area contributed by atoms with Gasteiger partial charge in [-0.05, 0) is 72.9 Å². The highest BCUT2D eigenvalue weighted by Gasteiger charge is 2.19. The SMILES string of the molecule is CCc1cc(-c2ccc(NS(=O)(=O)c3ccccc3Cl)cc2F)cc2cnc(NC3CCCCC3)nc12. The molecule has 0 aliphatic heterocycles. The Morgan fingerprint density at radius 1 is 1.05 bits per heavy atom. The van der Waals surface area contributed by atoms with Gasteiger partial charge in [0.1, 0.15) is 10.7 Å². The lowest BCUT2D eigenvalue weighted by molar-refractivity contribution is 0.461. The molecular formula is C28H28ClFN4O2S. The highest BCUT2D eigenvalue weighted by atomic mass is 35.5. The zero-order valence-corrected chi connectivity index (χ0v) is 22.0. The molecule has 1 heterocycles. The van der Waals surface area contributed by atoms with Gasteiger partial charge in [-0.1, -0.05) is 49.9 Å². The molecule has 0 saturated heterocycles. The summed E-state index contributed by atoms with van der Waals surface area (Å²) in [6.45, 7) is 2.04. The number of anilines is 2. The van der Waals surface area contributed by atoms with Crippen molar-refractivity contribution < 1.29 is 12.8 Å². The van der Waals surface area contributed by atoms with Crippen LogP contribution in [0, 0.1) is 5.82 Å². The molecule has 0 spiro atoms. The number of halogens is 2. The number of hydrogen-bond acceptors (Lipinski definition) is 5. The molecule has 0 bridgehead atoms. The lowest BCUT2D eigenvalue weighted by Gasteiger charge is -2.22. The van der Waals surface area contributed by atoms with E-state index in [0.29, 0.717) is 23.1 Å². The van der Waals surface area contributed by atoms with Gasteiger partial charge in [0.2, 0.25) is 5.95 Å². The van der Waals surface area contributed by atoms with Gasteiger partial charge in [-0.3, -0.25) is 4.72 Å². The third-order valence-electron chi connectivity index (χ3n) is 6.74. The molecule has 37 heavy (non-hydrogen) atoms. The molecule has 5 rings (SSSR count). The zero-order chi connectivity index (χ0) is 26.0. The van der Waals surface area contributed by atoms with Crippen molar-refractivity contribution in [3.05, 3.63) is 77.2 Å². The molecule has 1 aliphatic rings. The van der Waals surface area contributed by atoms with Crippen LogP contribution >= 0.6 is 11.6 Å². The molecule has 0 amide bonds. The minimum Gasteiger partial charge on any atom is -0.351 e. The highest BCUT2D eigenvalue weighted by molar-refractivity contribution is 7.92. The lowest BCUT2D eigenvalue weighted by atomic mass is 9.96. The molecule has 0 radical (unpaired) electrons. The van der Waals surface area contributed by atoms with Crippen LogP contribution in [-0.4, -0.2) is 24.4 Å². The molecule has 9 heteroatoms. The van der Waals surface area contributed by atoms with E-state index in [1.165, 1.54) is 43.5 Å². The van der Waals surface area contributed by atoms with Crippen LogP contribution in [0.3, 0.4) is 0 Å². The lowest BCUT2D eigenvalue weighted by Crippen LogP contribution is -2.23. The molecule has 192 valence electrons. The van der Waals surface area contributed by atoms with Gasteiger partial charge >= 0.3 is 0 Å². The van der Waals surface area contributed by atoms with E-state index in [0.717, 1.165) is 35.7 Å². The first kappa shape index (κ1) is 25.4. The van der Waals surface area contributed by atoms with Crippen molar-refractivity contribution in [3.8, 4) is 11.1 Å². The topological polar surface area (TPSA) is 84.0 Å². The predicted octanol–water partition coefficient (Wildman–Crippen LogP) is 7.20. The number of fused-ring (bicyclic) bond motifs is 1. The first-order valence-electron chi connectivity index (χ1n) is 12.5. The first-order valence-corrected chi connectivity index (χ1v) is 14.3. The molecular weight excluding hydrogens is 511 g/mol. The minimum atomic E-state index is -3.96. The summed E-state index contributed by atoms with van der Waals surface area (Å²) in [5.41, 5.74) is 2.99. The van der Waals surface area contributed by atoms with E-state index in [9.17, 15) is 8.42 Å². The fourth-order valence-electron chi connectivity index (χ4n) is 4.83. The maximum Gasteiger partial charge on any atom is 0.263 e. The Bertz CT molecular complexity index is 1560. The Kier molecular flexibility index (Phi) is 7.31. The molecule has 4 aromatic rings. The third kappa shape index (κ3) is 5.55. The van der Waals surface area contributed by atoms with Crippen LogP contribution in [0.2, 0.25) is 5.02 Å². The average molecular weight is 539 g/mol. The molecule has 6 nitrogen and oxygen atoms in total. The zero-order valence-electron chi connectivity index (χ0n) is 20.5. The molecule has 1 fully saturated rings. The molecule has 3 aromatic carbocycles. The van der Waals surface area contributed by atoms with Gasteiger partial charge in [-0.15, -0.1) is 0 Å². The largest absolute Gasteiger partial charge is 0.351 e. The van der Waals surface area contributed by atoms with Crippen LogP contribution in [-0.2, 0) is 16.4 Å². The standard InChI is InChI=1S/C28H28ClFN4O2S/c1-2-18-14-19(15-20-17-31-28(33-27(18)20)32-21-8-4-3-5-9-21)23-13-12-22(16-25(23)30)34-37(35,36)26-11-7-6-10-24(26)29/h6-7,10-17,21,34H,2-5,8-9H2,1H3,(H,31,32,33). The third-order valence-corrected chi connectivity index (χ3v) is 8.62. The normalized spacial score (nSPS) is 14.6. The van der Waals surface area contributed by atoms with Gasteiger partial charge in [-0.25, -0.2) is 22.8 Å². The fraction of sp³-hybridized carbons (Fsp3) is 0.286. The number of nitrogens with zero attached hydrogens (tertiary/aromatic N) is 2. The fourth-order valence-corrected chi connectivity index (χ4v) is 6.40. The van der Waals surface area contributed by atoms with E-state index < -0.39 is 15.8 Å². The molecule has 1 aliphatic carbocycles. The van der Waals surface area contributed by atoms with E-state index in [1.54, 1.807) is 24.4 Å². The second kappa shape index (κ2) is 10.6. The summed E-state index contributed by atoms with van der Waals surface area (Å²) in [5.74, 6) is 0.0838. The van der Waals surface area contributed by atoms with E-state index >= 15 is 4.39 Å². The van der Waals surface area contributed by atoms with Crippen molar-refractivity contribution in [3.63, 3.8) is 0 Å². The quantitative estimate of drug-likeness (QED) is 0.260. The van der Waals surface area contributed by atoms with Gasteiger partial charge in [0.05, 0.1) is 16.2 Å². The molecule has 1 aromatic heterocycles. The summed E-state index contributed by atoms with van der Waals surface area (Å²) in [6, 6.07) is 14.6. The summed E-state index contributed by atoms with van der Waals surface area (Å²) in [7, 11) is -3.96. The number of sulfonamides is 1. The van der Waals surface area contributed by atoms with E-state index in [2.05, 4.69) is 15.0 Å². The second-order valence-corrected chi connectivity index (χ2v) is 11.4. The van der Waals surface area contributed by atoms with Gasteiger partial charge in [0.25, 0.3) is 10.0 Å². The average Bonchev–Trinajstić information content (AvgIpc) is 2.89. The Morgan fingerprint density at radius 2 is 1.84 bits per heavy atom. The molecule has 0 atom stereocenters. The van der Waals surface area contributed by atoms with Gasteiger partial charge in [0.15, 0.2) is 0 Å². The Hall–Kier alpha value is -3.23. The number of rotatable bonds is 7. The Morgan fingerprint density at radius 3 is 2.57 bits per heavy atom. The van der Waals surface area contributed by atoms with Crippen molar-refractivity contribution in [2.45, 2.75) is 56.4 Å². The highest BCUT2D eigenvalue weighted by Crippen LogP contribution is 2.32. The van der Waals surface area contributed by atoms with Crippen molar-refractivity contribution in [2.75, 3.05) is 10.0 Å². The summed E-state index contributed by atoms with van der Waals surface area (Å²) in [4.78, 5) is 9.24. The number of nitrogens with one attached hydrogen (secondary N) is 2. The summed E-state index contributed by atoms with van der Waals surface area (Å²) in [5, 5.41) is 4.39. The van der Waals surface area contributed by atoms with Crippen LogP contribution in [0.5, 0.6) is 0 Å². The maximum atomic E-state index is 15.3. The van der Waals surface area contributed by atoms with Crippen LogP contribution < -0.4 is 10.0 Å². The summed E-state index contributed by atoms with van der Waals surface area (Å²) >= 11 is 6.04. The Balaban J connectivity index is 1.43.